The van der Waals surface area contributed by atoms with Crippen molar-refractivity contribution in [3.8, 4) is 0 Å². The van der Waals surface area contributed by atoms with E-state index in [0.717, 1.165) is 10.2 Å². The van der Waals surface area contributed by atoms with Crippen LogP contribution in [0.3, 0.4) is 0 Å². The van der Waals surface area contributed by atoms with Crippen molar-refractivity contribution in [1.29, 1.82) is 0 Å². The van der Waals surface area contributed by atoms with E-state index in [2.05, 4.69) is 51.1 Å². The quantitative estimate of drug-likeness (QED) is 0.861. The Hall–Kier alpha value is -0.800. The monoisotopic (exact) mass is 281 g/mol. The number of anilines is 1. The highest BCUT2D eigenvalue weighted by atomic mass is 79.9. The van der Waals surface area contributed by atoms with E-state index in [1.165, 1.54) is 5.56 Å². The molecule has 0 bridgehead atoms. The van der Waals surface area contributed by atoms with E-state index >= 15 is 0 Å². The maximum absolute atomic E-state index is 3.53. The topological polar surface area (TPSA) is 12.0 Å². The molecule has 78 valence electrons. The lowest BCUT2D eigenvalue weighted by Crippen LogP contribution is -2.05. The lowest BCUT2D eigenvalue weighted by molar-refractivity contribution is 0.889. The van der Waals surface area contributed by atoms with Gasteiger partial charge in [-0.2, -0.15) is 11.3 Å². The highest BCUT2D eigenvalue weighted by molar-refractivity contribution is 9.10. The molecule has 1 aromatic carbocycles. The van der Waals surface area contributed by atoms with E-state index in [9.17, 15) is 0 Å². The average Bonchev–Trinajstić information content (AvgIpc) is 2.74. The van der Waals surface area contributed by atoms with Gasteiger partial charge in [0.15, 0.2) is 0 Å². The van der Waals surface area contributed by atoms with Gasteiger partial charge in [0.05, 0.1) is 0 Å². The number of hydrogen-bond acceptors (Lipinski definition) is 2. The molecule has 0 fully saturated rings. The number of benzene rings is 1. The lowest BCUT2D eigenvalue weighted by atomic mass is 10.2. The molecular formula is C12H12BrNS. The molecule has 0 amide bonds. The first kappa shape index (κ1) is 10.7. The van der Waals surface area contributed by atoms with Gasteiger partial charge in [-0.05, 0) is 57.4 Å². The molecule has 1 atom stereocenters. The minimum absolute atomic E-state index is 0.343. The largest absolute Gasteiger partial charge is 0.378 e. The zero-order valence-electron chi connectivity index (χ0n) is 8.41. The summed E-state index contributed by atoms with van der Waals surface area (Å²) in [5.74, 6) is 0. The molecular weight excluding hydrogens is 270 g/mol. The summed E-state index contributed by atoms with van der Waals surface area (Å²) in [4.78, 5) is 0. The summed E-state index contributed by atoms with van der Waals surface area (Å²) < 4.78 is 1.10. The Labute approximate surface area is 102 Å². The van der Waals surface area contributed by atoms with Gasteiger partial charge in [0.1, 0.15) is 0 Å². The minimum atomic E-state index is 0.343. The average molecular weight is 282 g/mol. The summed E-state index contributed by atoms with van der Waals surface area (Å²) in [5.41, 5.74) is 2.46. The number of nitrogens with one attached hydrogen (secondary N) is 1. The molecule has 0 saturated carbocycles. The van der Waals surface area contributed by atoms with E-state index in [1.807, 2.05) is 18.2 Å². The van der Waals surface area contributed by atoms with Crippen molar-refractivity contribution in [2.24, 2.45) is 0 Å². The Kier molecular flexibility index (Phi) is 3.44. The van der Waals surface area contributed by atoms with Gasteiger partial charge < -0.3 is 5.32 Å². The summed E-state index contributed by atoms with van der Waals surface area (Å²) in [6.45, 7) is 2.17. The molecule has 0 saturated heterocycles. The Balaban J connectivity index is 2.13. The Bertz CT molecular complexity index is 425. The van der Waals surface area contributed by atoms with Crippen LogP contribution >= 0.6 is 27.3 Å². The second-order valence-corrected chi connectivity index (χ2v) is 5.04. The summed E-state index contributed by atoms with van der Waals surface area (Å²) in [7, 11) is 0. The van der Waals surface area contributed by atoms with Gasteiger partial charge in [-0.3, -0.25) is 0 Å². The SMILES string of the molecule is CC(Nc1ccccc1Br)c1ccsc1. The minimum Gasteiger partial charge on any atom is -0.378 e. The summed E-state index contributed by atoms with van der Waals surface area (Å²) >= 11 is 5.26. The van der Waals surface area contributed by atoms with E-state index < -0.39 is 0 Å². The predicted molar refractivity (Wildman–Crippen MR) is 70.5 cm³/mol. The summed E-state index contributed by atoms with van der Waals surface area (Å²) in [5, 5.41) is 7.75. The molecule has 0 radical (unpaired) electrons. The van der Waals surface area contributed by atoms with Crippen LogP contribution < -0.4 is 5.32 Å². The molecule has 2 aromatic rings. The van der Waals surface area contributed by atoms with E-state index in [0.29, 0.717) is 6.04 Å². The normalized spacial score (nSPS) is 12.4. The Morgan fingerprint density at radius 1 is 1.27 bits per heavy atom. The van der Waals surface area contributed by atoms with Crippen molar-refractivity contribution in [3.63, 3.8) is 0 Å². The Morgan fingerprint density at radius 2 is 2.07 bits per heavy atom. The van der Waals surface area contributed by atoms with Gasteiger partial charge in [-0.25, -0.2) is 0 Å². The van der Waals surface area contributed by atoms with Crippen LogP contribution in [-0.2, 0) is 0 Å². The number of para-hydroxylation sites is 1. The Morgan fingerprint density at radius 3 is 2.73 bits per heavy atom. The molecule has 1 aromatic heterocycles. The van der Waals surface area contributed by atoms with Crippen molar-refractivity contribution in [3.05, 3.63) is 51.1 Å². The van der Waals surface area contributed by atoms with Crippen LogP contribution in [0.5, 0.6) is 0 Å². The molecule has 15 heavy (non-hydrogen) atoms. The van der Waals surface area contributed by atoms with Gasteiger partial charge in [-0.1, -0.05) is 12.1 Å². The van der Waals surface area contributed by atoms with Crippen LogP contribution in [0, 0.1) is 0 Å². The fourth-order valence-corrected chi connectivity index (χ4v) is 2.57. The molecule has 0 aliphatic rings. The molecule has 1 heterocycles. The molecule has 1 N–H and O–H groups in total. The van der Waals surface area contributed by atoms with Crippen molar-refractivity contribution in [2.75, 3.05) is 5.32 Å². The number of rotatable bonds is 3. The highest BCUT2D eigenvalue weighted by Crippen LogP contribution is 2.26. The maximum Gasteiger partial charge on any atom is 0.0494 e. The van der Waals surface area contributed by atoms with Gasteiger partial charge >= 0.3 is 0 Å². The van der Waals surface area contributed by atoms with E-state index in [-0.39, 0.29) is 0 Å². The number of hydrogen-bond donors (Lipinski definition) is 1. The fraction of sp³-hybridized carbons (Fsp3) is 0.167. The standard InChI is InChI=1S/C12H12BrNS/c1-9(10-6-7-15-8-10)14-12-5-3-2-4-11(12)13/h2-9,14H,1H3. The summed E-state index contributed by atoms with van der Waals surface area (Å²) in [6, 6.07) is 10.7. The van der Waals surface area contributed by atoms with Crippen molar-refractivity contribution >= 4 is 33.0 Å². The first-order valence-electron chi connectivity index (χ1n) is 4.80. The zero-order chi connectivity index (χ0) is 10.7. The molecule has 3 heteroatoms. The fourth-order valence-electron chi connectivity index (χ4n) is 1.42. The van der Waals surface area contributed by atoms with E-state index in [4.69, 9.17) is 0 Å². The van der Waals surface area contributed by atoms with Crippen LogP contribution in [0.25, 0.3) is 0 Å². The van der Waals surface area contributed by atoms with Crippen LogP contribution in [0.4, 0.5) is 5.69 Å². The number of thiophene rings is 1. The smallest absolute Gasteiger partial charge is 0.0494 e. The zero-order valence-corrected chi connectivity index (χ0v) is 10.8. The second-order valence-electron chi connectivity index (χ2n) is 3.40. The van der Waals surface area contributed by atoms with Gasteiger partial charge in [-0.15, -0.1) is 0 Å². The molecule has 1 unspecified atom stereocenters. The first-order valence-corrected chi connectivity index (χ1v) is 6.54. The van der Waals surface area contributed by atoms with Crippen LogP contribution in [0.2, 0.25) is 0 Å². The third kappa shape index (κ3) is 2.61. The van der Waals surface area contributed by atoms with Gasteiger partial charge in [0.2, 0.25) is 0 Å². The van der Waals surface area contributed by atoms with Gasteiger partial charge in [0, 0.05) is 16.2 Å². The lowest BCUT2D eigenvalue weighted by Gasteiger charge is -2.15. The summed E-state index contributed by atoms with van der Waals surface area (Å²) in [6.07, 6.45) is 0. The van der Waals surface area contributed by atoms with Crippen molar-refractivity contribution in [1.82, 2.24) is 0 Å². The second kappa shape index (κ2) is 4.81. The number of halogens is 1. The molecule has 1 nitrogen and oxygen atoms in total. The van der Waals surface area contributed by atoms with Crippen LogP contribution in [0.1, 0.15) is 18.5 Å². The predicted octanol–water partition coefficient (Wildman–Crippen LogP) is 4.68. The molecule has 0 aliphatic heterocycles. The molecule has 0 spiro atoms. The van der Waals surface area contributed by atoms with Crippen LogP contribution in [0.15, 0.2) is 45.6 Å². The van der Waals surface area contributed by atoms with Crippen molar-refractivity contribution < 1.29 is 0 Å². The third-order valence-electron chi connectivity index (χ3n) is 2.29. The van der Waals surface area contributed by atoms with Crippen LogP contribution in [-0.4, -0.2) is 0 Å². The first-order chi connectivity index (χ1) is 7.27. The van der Waals surface area contributed by atoms with Gasteiger partial charge in [0.25, 0.3) is 0 Å². The molecule has 0 aliphatic carbocycles. The highest BCUT2D eigenvalue weighted by Gasteiger charge is 2.06. The van der Waals surface area contributed by atoms with Crippen molar-refractivity contribution in [2.45, 2.75) is 13.0 Å². The molecule has 2 rings (SSSR count). The van der Waals surface area contributed by atoms with E-state index in [1.54, 1.807) is 11.3 Å². The third-order valence-corrected chi connectivity index (χ3v) is 3.68. The maximum atomic E-state index is 3.53.